The van der Waals surface area contributed by atoms with Crippen LogP contribution >= 0.6 is 0 Å². The molecule has 0 fully saturated rings. The van der Waals surface area contributed by atoms with Gasteiger partial charge in [0, 0.05) is 6.20 Å². The second kappa shape index (κ2) is 5.46. The van der Waals surface area contributed by atoms with Crippen LogP contribution in [0.1, 0.15) is 22.1 Å². The monoisotopic (exact) mass is 245 g/mol. The Morgan fingerprint density at radius 2 is 2.11 bits per heavy atom. The number of hydrogen-bond acceptors (Lipinski definition) is 3. The Kier molecular flexibility index (Phi) is 3.74. The Morgan fingerprint density at radius 1 is 1.39 bits per heavy atom. The Bertz CT molecular complexity index is 522. The van der Waals surface area contributed by atoms with E-state index in [-0.39, 0.29) is 18.3 Å². The molecular weight excluding hydrogens is 230 g/mol. The van der Waals surface area contributed by atoms with Gasteiger partial charge in [-0.1, -0.05) is 30.3 Å². The fourth-order valence-corrected chi connectivity index (χ4v) is 1.81. The van der Waals surface area contributed by atoms with Crippen LogP contribution in [0.2, 0.25) is 0 Å². The molecule has 0 aliphatic heterocycles. The average molecular weight is 245 g/mol. The SMILES string of the molecule is NC(=O)c1cn(C(CO)Cc2ccccc2)cn1. The van der Waals surface area contributed by atoms with Crippen molar-refractivity contribution in [2.24, 2.45) is 5.73 Å². The minimum Gasteiger partial charge on any atom is -0.394 e. The molecule has 0 saturated carbocycles. The van der Waals surface area contributed by atoms with Crippen molar-refractivity contribution >= 4 is 5.91 Å². The third-order valence-electron chi connectivity index (χ3n) is 2.80. The lowest BCUT2D eigenvalue weighted by atomic mass is 10.1. The summed E-state index contributed by atoms with van der Waals surface area (Å²) in [5.74, 6) is -0.565. The number of hydrogen-bond donors (Lipinski definition) is 2. The van der Waals surface area contributed by atoms with Crippen LogP contribution in [-0.4, -0.2) is 27.2 Å². The summed E-state index contributed by atoms with van der Waals surface area (Å²) in [4.78, 5) is 14.9. The smallest absolute Gasteiger partial charge is 0.268 e. The molecule has 5 nitrogen and oxygen atoms in total. The molecular formula is C13H15N3O2. The molecule has 0 aliphatic carbocycles. The Hall–Kier alpha value is -2.14. The van der Waals surface area contributed by atoms with Gasteiger partial charge in [0.05, 0.1) is 19.0 Å². The molecule has 0 bridgehead atoms. The highest BCUT2D eigenvalue weighted by molar-refractivity contribution is 5.90. The maximum Gasteiger partial charge on any atom is 0.268 e. The molecule has 1 amide bonds. The number of nitrogens with two attached hydrogens (primary N) is 1. The van der Waals surface area contributed by atoms with Gasteiger partial charge in [0.2, 0.25) is 0 Å². The number of nitrogens with zero attached hydrogens (tertiary/aromatic N) is 2. The molecule has 2 aromatic rings. The van der Waals surface area contributed by atoms with Crippen molar-refractivity contribution in [3.8, 4) is 0 Å². The number of aromatic nitrogens is 2. The summed E-state index contributed by atoms with van der Waals surface area (Å²) in [6.07, 6.45) is 3.75. The van der Waals surface area contributed by atoms with Crippen LogP contribution in [0, 0.1) is 0 Å². The zero-order valence-electron chi connectivity index (χ0n) is 9.86. The quantitative estimate of drug-likeness (QED) is 0.816. The average Bonchev–Trinajstić information content (AvgIpc) is 2.87. The van der Waals surface area contributed by atoms with Crippen LogP contribution in [0.25, 0.3) is 0 Å². The lowest BCUT2D eigenvalue weighted by molar-refractivity contribution is 0.0995. The number of benzene rings is 1. The first-order chi connectivity index (χ1) is 8.70. The zero-order chi connectivity index (χ0) is 13.0. The van der Waals surface area contributed by atoms with E-state index in [1.165, 1.54) is 6.33 Å². The molecule has 1 atom stereocenters. The maximum atomic E-state index is 11.0. The van der Waals surface area contributed by atoms with Crippen LogP contribution in [-0.2, 0) is 6.42 Å². The normalized spacial score (nSPS) is 12.3. The number of carbonyl (C=O) groups is 1. The summed E-state index contributed by atoms with van der Waals surface area (Å²) < 4.78 is 1.72. The summed E-state index contributed by atoms with van der Waals surface area (Å²) in [5, 5.41) is 9.42. The van der Waals surface area contributed by atoms with E-state index < -0.39 is 5.91 Å². The first-order valence-corrected chi connectivity index (χ1v) is 5.68. The Morgan fingerprint density at radius 3 is 2.67 bits per heavy atom. The molecule has 3 N–H and O–H groups in total. The van der Waals surface area contributed by atoms with E-state index in [4.69, 9.17) is 5.73 Å². The van der Waals surface area contributed by atoms with Gasteiger partial charge >= 0.3 is 0 Å². The zero-order valence-corrected chi connectivity index (χ0v) is 9.86. The van der Waals surface area contributed by atoms with E-state index in [2.05, 4.69) is 4.98 Å². The van der Waals surface area contributed by atoms with Gasteiger partial charge in [-0.2, -0.15) is 0 Å². The van der Waals surface area contributed by atoms with Crippen molar-refractivity contribution in [3.05, 3.63) is 54.1 Å². The van der Waals surface area contributed by atoms with Crippen LogP contribution in [0.5, 0.6) is 0 Å². The molecule has 0 radical (unpaired) electrons. The number of aliphatic hydroxyl groups is 1. The molecule has 0 aliphatic rings. The minimum atomic E-state index is -0.565. The molecule has 18 heavy (non-hydrogen) atoms. The van der Waals surface area contributed by atoms with E-state index in [1.54, 1.807) is 10.8 Å². The molecule has 1 aromatic heterocycles. The number of imidazole rings is 1. The summed E-state index contributed by atoms with van der Waals surface area (Å²) in [7, 11) is 0. The summed E-state index contributed by atoms with van der Waals surface area (Å²) >= 11 is 0. The van der Waals surface area contributed by atoms with Crippen molar-refractivity contribution in [1.82, 2.24) is 9.55 Å². The van der Waals surface area contributed by atoms with E-state index in [0.717, 1.165) is 5.56 Å². The molecule has 94 valence electrons. The predicted molar refractivity (Wildman–Crippen MR) is 67.0 cm³/mol. The third-order valence-corrected chi connectivity index (χ3v) is 2.80. The van der Waals surface area contributed by atoms with Gasteiger partial charge in [-0.15, -0.1) is 0 Å². The van der Waals surface area contributed by atoms with Crippen molar-refractivity contribution in [2.75, 3.05) is 6.61 Å². The summed E-state index contributed by atoms with van der Waals surface area (Å²) in [6.45, 7) is -0.0243. The lowest BCUT2D eigenvalue weighted by Gasteiger charge is -2.15. The van der Waals surface area contributed by atoms with Gasteiger partial charge in [-0.05, 0) is 12.0 Å². The van der Waals surface area contributed by atoms with E-state index in [0.29, 0.717) is 6.42 Å². The second-order valence-corrected chi connectivity index (χ2v) is 4.10. The summed E-state index contributed by atoms with van der Waals surface area (Å²) in [5.41, 5.74) is 6.47. The maximum absolute atomic E-state index is 11.0. The van der Waals surface area contributed by atoms with Gasteiger partial charge in [0.1, 0.15) is 5.69 Å². The first kappa shape index (κ1) is 12.3. The first-order valence-electron chi connectivity index (χ1n) is 5.68. The largest absolute Gasteiger partial charge is 0.394 e. The Labute approximate surface area is 105 Å². The number of aliphatic hydroxyl groups excluding tert-OH is 1. The molecule has 2 rings (SSSR count). The fourth-order valence-electron chi connectivity index (χ4n) is 1.81. The van der Waals surface area contributed by atoms with Gasteiger partial charge in [-0.3, -0.25) is 4.79 Å². The molecule has 0 spiro atoms. The van der Waals surface area contributed by atoms with Crippen molar-refractivity contribution in [2.45, 2.75) is 12.5 Å². The standard InChI is InChI=1S/C13H15N3O2/c14-13(18)12-7-16(9-15-12)11(8-17)6-10-4-2-1-3-5-10/h1-5,7,9,11,17H,6,8H2,(H2,14,18). The van der Waals surface area contributed by atoms with E-state index in [9.17, 15) is 9.90 Å². The highest BCUT2D eigenvalue weighted by Gasteiger charge is 2.13. The molecule has 0 saturated heterocycles. The topological polar surface area (TPSA) is 81.1 Å². The number of rotatable bonds is 5. The van der Waals surface area contributed by atoms with E-state index in [1.807, 2.05) is 30.3 Å². The molecule has 1 aromatic carbocycles. The molecule has 5 heteroatoms. The van der Waals surface area contributed by atoms with Crippen LogP contribution in [0.4, 0.5) is 0 Å². The minimum absolute atomic E-state index is 0.0243. The van der Waals surface area contributed by atoms with Gasteiger partial charge in [0.15, 0.2) is 0 Å². The molecule has 1 heterocycles. The van der Waals surface area contributed by atoms with E-state index >= 15 is 0 Å². The van der Waals surface area contributed by atoms with Gasteiger partial charge in [0.25, 0.3) is 5.91 Å². The van der Waals surface area contributed by atoms with Crippen molar-refractivity contribution in [1.29, 1.82) is 0 Å². The lowest BCUT2D eigenvalue weighted by Crippen LogP contribution is -2.15. The van der Waals surface area contributed by atoms with Crippen LogP contribution in [0.15, 0.2) is 42.9 Å². The second-order valence-electron chi connectivity index (χ2n) is 4.10. The highest BCUT2D eigenvalue weighted by atomic mass is 16.3. The Balaban J connectivity index is 2.15. The summed E-state index contributed by atoms with van der Waals surface area (Å²) in [6, 6.07) is 9.69. The van der Waals surface area contributed by atoms with Crippen molar-refractivity contribution < 1.29 is 9.90 Å². The van der Waals surface area contributed by atoms with Gasteiger partial charge in [-0.25, -0.2) is 4.98 Å². The van der Waals surface area contributed by atoms with Crippen molar-refractivity contribution in [3.63, 3.8) is 0 Å². The predicted octanol–water partition coefficient (Wildman–Crippen LogP) is 0.758. The van der Waals surface area contributed by atoms with Gasteiger partial charge < -0.3 is 15.4 Å². The molecule has 1 unspecified atom stereocenters. The number of carbonyl (C=O) groups excluding carboxylic acids is 1. The number of amides is 1. The van der Waals surface area contributed by atoms with Crippen LogP contribution < -0.4 is 5.73 Å². The fraction of sp³-hybridized carbons (Fsp3) is 0.231. The van der Waals surface area contributed by atoms with Crippen LogP contribution in [0.3, 0.4) is 0 Å². The third kappa shape index (κ3) is 2.75. The number of primary amides is 1. The highest BCUT2D eigenvalue weighted by Crippen LogP contribution is 2.14.